The monoisotopic (exact) mass is 289 g/mol. The molecule has 2 atom stereocenters. The van der Waals surface area contributed by atoms with Crippen molar-refractivity contribution in [1.82, 2.24) is 5.32 Å². The van der Waals surface area contributed by atoms with Crippen LogP contribution in [0.2, 0.25) is 0 Å². The average molecular weight is 289 g/mol. The molecule has 2 unspecified atom stereocenters. The third-order valence-electron chi connectivity index (χ3n) is 5.17. The summed E-state index contributed by atoms with van der Waals surface area (Å²) in [6.07, 6.45) is 6.60. The molecule has 2 nitrogen and oxygen atoms in total. The predicted molar refractivity (Wildman–Crippen MR) is 90.0 cm³/mol. The Morgan fingerprint density at radius 2 is 1.81 bits per heavy atom. The second kappa shape index (κ2) is 7.42. The molecule has 0 aliphatic carbocycles. The van der Waals surface area contributed by atoms with Crippen molar-refractivity contribution in [3.63, 3.8) is 0 Å². The van der Waals surface area contributed by atoms with E-state index in [-0.39, 0.29) is 0 Å². The molecule has 2 rings (SSSR count). The van der Waals surface area contributed by atoms with E-state index in [1.165, 1.54) is 47.1 Å². The molecule has 21 heavy (non-hydrogen) atoms. The highest BCUT2D eigenvalue weighted by molar-refractivity contribution is 5.45. The van der Waals surface area contributed by atoms with Gasteiger partial charge < -0.3 is 10.1 Å². The first-order valence-corrected chi connectivity index (χ1v) is 8.40. The van der Waals surface area contributed by atoms with Crippen LogP contribution in [0.15, 0.2) is 6.07 Å². The van der Waals surface area contributed by atoms with Gasteiger partial charge in [-0.1, -0.05) is 6.07 Å². The Labute approximate surface area is 130 Å². The minimum atomic E-state index is 0.439. The zero-order valence-electron chi connectivity index (χ0n) is 14.4. The summed E-state index contributed by atoms with van der Waals surface area (Å²) in [4.78, 5) is 0. The maximum absolute atomic E-state index is 5.89. The molecule has 1 aromatic rings. The topological polar surface area (TPSA) is 21.3 Å². The lowest BCUT2D eigenvalue weighted by Crippen LogP contribution is -2.24. The zero-order chi connectivity index (χ0) is 15.4. The van der Waals surface area contributed by atoms with Crippen molar-refractivity contribution < 1.29 is 4.74 Å². The Bertz CT molecular complexity index is 449. The van der Waals surface area contributed by atoms with Gasteiger partial charge in [0.25, 0.3) is 0 Å². The first kappa shape index (κ1) is 16.5. The molecule has 0 saturated carbocycles. The number of ether oxygens (including phenoxy) is 1. The van der Waals surface area contributed by atoms with Crippen LogP contribution >= 0.6 is 0 Å². The van der Waals surface area contributed by atoms with Crippen molar-refractivity contribution in [1.29, 1.82) is 0 Å². The van der Waals surface area contributed by atoms with E-state index in [9.17, 15) is 0 Å². The minimum absolute atomic E-state index is 0.439. The standard InChI is InChI=1S/C19H31NO/c1-13-12-14(2)16(4)19(15(13)3)18(20-5)10-9-17-8-6-7-11-21-17/h12,17-18,20H,6-11H2,1-5H3. The predicted octanol–water partition coefficient (Wildman–Crippen LogP) is 4.53. The lowest BCUT2D eigenvalue weighted by molar-refractivity contribution is 0.00864. The molecule has 1 aliphatic heterocycles. The Hall–Kier alpha value is -0.860. The third kappa shape index (κ3) is 3.87. The SMILES string of the molecule is CNC(CCC1CCCCO1)c1c(C)c(C)cc(C)c1C. The highest BCUT2D eigenvalue weighted by Gasteiger charge is 2.20. The van der Waals surface area contributed by atoms with Crippen molar-refractivity contribution in [2.24, 2.45) is 0 Å². The van der Waals surface area contributed by atoms with Gasteiger partial charge >= 0.3 is 0 Å². The highest BCUT2D eigenvalue weighted by atomic mass is 16.5. The van der Waals surface area contributed by atoms with Crippen LogP contribution in [0, 0.1) is 27.7 Å². The number of nitrogens with one attached hydrogen (secondary N) is 1. The largest absolute Gasteiger partial charge is 0.378 e. The van der Waals surface area contributed by atoms with Gasteiger partial charge in [-0.15, -0.1) is 0 Å². The van der Waals surface area contributed by atoms with Crippen LogP contribution in [0.3, 0.4) is 0 Å². The molecule has 0 spiro atoms. The molecule has 1 fully saturated rings. The average Bonchev–Trinajstić information content (AvgIpc) is 2.49. The Balaban J connectivity index is 2.13. The summed E-state index contributed by atoms with van der Waals surface area (Å²) < 4.78 is 5.89. The molecule has 0 amide bonds. The smallest absolute Gasteiger partial charge is 0.0575 e. The van der Waals surface area contributed by atoms with Gasteiger partial charge in [0.1, 0.15) is 0 Å². The summed E-state index contributed by atoms with van der Waals surface area (Å²) in [5, 5.41) is 3.54. The second-order valence-corrected chi connectivity index (χ2v) is 6.58. The van der Waals surface area contributed by atoms with Gasteiger partial charge in [-0.25, -0.2) is 0 Å². The Morgan fingerprint density at radius 1 is 1.14 bits per heavy atom. The molecule has 0 radical (unpaired) electrons. The molecular formula is C19H31NO. The van der Waals surface area contributed by atoms with Gasteiger partial charge in [-0.3, -0.25) is 0 Å². The van der Waals surface area contributed by atoms with Crippen molar-refractivity contribution in [3.8, 4) is 0 Å². The van der Waals surface area contributed by atoms with E-state index in [4.69, 9.17) is 4.74 Å². The van der Waals surface area contributed by atoms with Gasteiger partial charge in [-0.2, -0.15) is 0 Å². The van der Waals surface area contributed by atoms with Crippen molar-refractivity contribution in [2.75, 3.05) is 13.7 Å². The number of rotatable bonds is 5. The molecular weight excluding hydrogens is 258 g/mol. The molecule has 118 valence electrons. The normalized spacial score (nSPS) is 20.5. The fraction of sp³-hybridized carbons (Fsp3) is 0.684. The molecule has 0 aromatic heterocycles. The van der Waals surface area contributed by atoms with Crippen LogP contribution in [0.5, 0.6) is 0 Å². The summed E-state index contributed by atoms with van der Waals surface area (Å²) in [5.74, 6) is 0. The molecule has 1 aliphatic rings. The summed E-state index contributed by atoms with van der Waals surface area (Å²) >= 11 is 0. The van der Waals surface area contributed by atoms with E-state index in [0.717, 1.165) is 19.4 Å². The van der Waals surface area contributed by atoms with E-state index in [2.05, 4.69) is 46.1 Å². The second-order valence-electron chi connectivity index (χ2n) is 6.58. The van der Waals surface area contributed by atoms with Crippen LogP contribution in [0.4, 0.5) is 0 Å². The maximum atomic E-state index is 5.89. The zero-order valence-corrected chi connectivity index (χ0v) is 14.4. The van der Waals surface area contributed by atoms with E-state index >= 15 is 0 Å². The lowest BCUT2D eigenvalue weighted by atomic mass is 9.87. The summed E-state index contributed by atoms with van der Waals surface area (Å²) in [7, 11) is 2.09. The maximum Gasteiger partial charge on any atom is 0.0575 e. The summed E-state index contributed by atoms with van der Waals surface area (Å²) in [6.45, 7) is 9.93. The van der Waals surface area contributed by atoms with E-state index in [1.807, 2.05) is 0 Å². The molecule has 1 heterocycles. The fourth-order valence-corrected chi connectivity index (χ4v) is 3.59. The van der Waals surface area contributed by atoms with Crippen LogP contribution in [-0.4, -0.2) is 19.8 Å². The molecule has 1 aromatic carbocycles. The van der Waals surface area contributed by atoms with E-state index in [1.54, 1.807) is 0 Å². The summed E-state index contributed by atoms with van der Waals surface area (Å²) in [5.41, 5.74) is 7.21. The van der Waals surface area contributed by atoms with Crippen molar-refractivity contribution >= 4 is 0 Å². The van der Waals surface area contributed by atoms with Crippen LogP contribution in [-0.2, 0) is 4.74 Å². The van der Waals surface area contributed by atoms with Gasteiger partial charge in [0.15, 0.2) is 0 Å². The van der Waals surface area contributed by atoms with Gasteiger partial charge in [0, 0.05) is 12.6 Å². The molecule has 0 bridgehead atoms. The number of hydrogen-bond donors (Lipinski definition) is 1. The van der Waals surface area contributed by atoms with Crippen LogP contribution in [0.25, 0.3) is 0 Å². The van der Waals surface area contributed by atoms with Crippen molar-refractivity contribution in [3.05, 3.63) is 33.9 Å². The molecule has 1 saturated heterocycles. The van der Waals surface area contributed by atoms with Crippen molar-refractivity contribution in [2.45, 2.75) is 71.9 Å². The van der Waals surface area contributed by atoms with Crippen LogP contribution < -0.4 is 5.32 Å². The Morgan fingerprint density at radius 3 is 2.33 bits per heavy atom. The number of hydrogen-bond acceptors (Lipinski definition) is 2. The number of aryl methyl sites for hydroxylation is 2. The van der Waals surface area contributed by atoms with E-state index < -0.39 is 0 Å². The number of benzene rings is 1. The first-order chi connectivity index (χ1) is 10.0. The molecule has 2 heteroatoms. The quantitative estimate of drug-likeness (QED) is 0.860. The minimum Gasteiger partial charge on any atom is -0.378 e. The highest BCUT2D eigenvalue weighted by Crippen LogP contribution is 2.31. The molecule has 1 N–H and O–H groups in total. The van der Waals surface area contributed by atoms with Gasteiger partial charge in [-0.05, 0) is 94.7 Å². The van der Waals surface area contributed by atoms with Gasteiger partial charge in [0.05, 0.1) is 6.10 Å². The Kier molecular flexibility index (Phi) is 5.83. The third-order valence-corrected chi connectivity index (χ3v) is 5.17. The lowest BCUT2D eigenvalue weighted by Gasteiger charge is -2.27. The summed E-state index contributed by atoms with van der Waals surface area (Å²) in [6, 6.07) is 2.75. The van der Waals surface area contributed by atoms with E-state index in [0.29, 0.717) is 12.1 Å². The fourth-order valence-electron chi connectivity index (χ4n) is 3.59. The van der Waals surface area contributed by atoms with Gasteiger partial charge in [0.2, 0.25) is 0 Å². The first-order valence-electron chi connectivity index (χ1n) is 8.40. The van der Waals surface area contributed by atoms with Crippen LogP contribution in [0.1, 0.15) is 66.0 Å².